The van der Waals surface area contributed by atoms with Gasteiger partial charge in [0.2, 0.25) is 0 Å². The molecule has 4 rings (SSSR count). The van der Waals surface area contributed by atoms with Gasteiger partial charge in [-0.15, -0.1) is 0 Å². The lowest BCUT2D eigenvalue weighted by atomic mass is 10.0. The summed E-state index contributed by atoms with van der Waals surface area (Å²) in [4.78, 5) is 7.31. The predicted molar refractivity (Wildman–Crippen MR) is 110 cm³/mol. The van der Waals surface area contributed by atoms with Crippen molar-refractivity contribution in [3.05, 3.63) is 53.3 Å². The first-order valence-electron chi connectivity index (χ1n) is 9.57. The van der Waals surface area contributed by atoms with Gasteiger partial charge in [0.25, 0.3) is 0 Å². The van der Waals surface area contributed by atoms with E-state index in [2.05, 4.69) is 15.3 Å². The number of hydrogen-bond donors (Lipinski definition) is 3. The summed E-state index contributed by atoms with van der Waals surface area (Å²) in [5.74, 6) is 0.239. The summed E-state index contributed by atoms with van der Waals surface area (Å²) in [6, 6.07) is 10.7. The largest absolute Gasteiger partial charge is 0.494 e. The Morgan fingerprint density at radius 2 is 2.11 bits per heavy atom. The number of anilines is 1. The second-order valence-corrected chi connectivity index (χ2v) is 7.24. The van der Waals surface area contributed by atoms with Crippen molar-refractivity contribution < 1.29 is 14.2 Å². The van der Waals surface area contributed by atoms with Crippen LogP contribution in [0.4, 0.5) is 15.8 Å². The zero-order valence-electron chi connectivity index (χ0n) is 15.8. The number of aromatic amines is 1. The summed E-state index contributed by atoms with van der Waals surface area (Å²) in [6.45, 7) is 4.28. The van der Waals surface area contributed by atoms with E-state index in [4.69, 9.17) is 4.74 Å². The molecular formula is C22H24FN3O2. The van der Waals surface area contributed by atoms with Crippen molar-refractivity contribution in [2.24, 2.45) is 10.9 Å². The molecule has 1 aliphatic rings. The fourth-order valence-electron chi connectivity index (χ4n) is 3.64. The van der Waals surface area contributed by atoms with Crippen molar-refractivity contribution in [1.82, 2.24) is 4.98 Å². The standard InChI is InChI=1S/C22H24FN3O2/c1-14-3-2-4-20-21(14)17(22(27)26-20)13-24-16-5-6-19(18(23)11-16)25-12-15-7-9-28-10-8-15/h2-6,11,13,15,25-27H,7-10,12H2,1H3. The molecule has 0 atom stereocenters. The number of hydrogen-bond acceptors (Lipinski definition) is 4. The van der Waals surface area contributed by atoms with E-state index in [1.54, 1.807) is 18.3 Å². The van der Waals surface area contributed by atoms with Crippen LogP contribution in [0, 0.1) is 18.7 Å². The van der Waals surface area contributed by atoms with E-state index in [1.165, 1.54) is 6.07 Å². The lowest BCUT2D eigenvalue weighted by Crippen LogP contribution is -2.22. The third-order valence-corrected chi connectivity index (χ3v) is 5.27. The molecule has 0 bridgehead atoms. The lowest BCUT2D eigenvalue weighted by molar-refractivity contribution is 0.0699. The molecule has 0 aliphatic carbocycles. The minimum absolute atomic E-state index is 0.0586. The van der Waals surface area contributed by atoms with Crippen LogP contribution in [0.15, 0.2) is 41.4 Å². The maximum Gasteiger partial charge on any atom is 0.198 e. The predicted octanol–water partition coefficient (Wildman–Crippen LogP) is 4.91. The SMILES string of the molecule is Cc1cccc2[nH]c(O)c(C=Nc3ccc(NCC4CCOCC4)c(F)c3)c12. The molecule has 3 aromatic rings. The second kappa shape index (κ2) is 8.02. The van der Waals surface area contributed by atoms with E-state index in [1.807, 2.05) is 25.1 Å². The highest BCUT2D eigenvalue weighted by molar-refractivity contribution is 6.04. The maximum absolute atomic E-state index is 14.4. The van der Waals surface area contributed by atoms with E-state index >= 15 is 0 Å². The highest BCUT2D eigenvalue weighted by Crippen LogP contribution is 2.29. The van der Waals surface area contributed by atoms with Crippen LogP contribution in [0.5, 0.6) is 5.88 Å². The Bertz CT molecular complexity index is 1010. The summed E-state index contributed by atoms with van der Waals surface area (Å²) in [7, 11) is 0. The number of aryl methyl sites for hydroxylation is 1. The van der Waals surface area contributed by atoms with Crippen LogP contribution in [-0.2, 0) is 4.74 Å². The minimum Gasteiger partial charge on any atom is -0.494 e. The first-order chi connectivity index (χ1) is 13.6. The summed E-state index contributed by atoms with van der Waals surface area (Å²) < 4.78 is 19.8. The summed E-state index contributed by atoms with van der Waals surface area (Å²) in [5, 5.41) is 14.3. The fraction of sp³-hybridized carbons (Fsp3) is 0.318. The Labute approximate surface area is 163 Å². The van der Waals surface area contributed by atoms with E-state index in [0.717, 1.165) is 49.1 Å². The number of ether oxygens (including phenoxy) is 1. The van der Waals surface area contributed by atoms with Crippen LogP contribution in [0.3, 0.4) is 0 Å². The Kier molecular flexibility index (Phi) is 5.30. The fourth-order valence-corrected chi connectivity index (χ4v) is 3.64. The Hall–Kier alpha value is -2.86. The van der Waals surface area contributed by atoms with Gasteiger partial charge in [0.05, 0.1) is 16.9 Å². The molecule has 3 N–H and O–H groups in total. The average Bonchev–Trinajstić information content (AvgIpc) is 3.03. The molecule has 6 heteroatoms. The van der Waals surface area contributed by atoms with E-state index in [-0.39, 0.29) is 11.7 Å². The molecule has 2 aromatic carbocycles. The van der Waals surface area contributed by atoms with Gasteiger partial charge in [-0.1, -0.05) is 12.1 Å². The first kappa shape index (κ1) is 18.5. The first-order valence-corrected chi connectivity index (χ1v) is 9.57. The van der Waals surface area contributed by atoms with E-state index in [0.29, 0.717) is 22.9 Å². The van der Waals surface area contributed by atoms with Crippen molar-refractivity contribution in [3.8, 4) is 5.88 Å². The van der Waals surface area contributed by atoms with Crippen molar-refractivity contribution in [2.75, 3.05) is 25.1 Å². The van der Waals surface area contributed by atoms with Gasteiger partial charge in [-0.05, 0) is 49.4 Å². The van der Waals surface area contributed by atoms with Gasteiger partial charge in [-0.2, -0.15) is 0 Å². The summed E-state index contributed by atoms with van der Waals surface area (Å²) >= 11 is 0. The van der Waals surface area contributed by atoms with Gasteiger partial charge >= 0.3 is 0 Å². The number of nitrogens with one attached hydrogen (secondary N) is 2. The highest BCUT2D eigenvalue weighted by Gasteiger charge is 2.14. The topological polar surface area (TPSA) is 69.6 Å². The van der Waals surface area contributed by atoms with Gasteiger partial charge < -0.3 is 20.1 Å². The molecular weight excluding hydrogens is 357 g/mol. The van der Waals surface area contributed by atoms with Gasteiger partial charge in [-0.25, -0.2) is 4.39 Å². The van der Waals surface area contributed by atoms with Crippen molar-refractivity contribution >= 4 is 28.5 Å². The third-order valence-electron chi connectivity index (χ3n) is 5.27. The molecule has 0 spiro atoms. The third kappa shape index (κ3) is 3.87. The molecule has 1 aliphatic heterocycles. The number of H-pyrrole nitrogens is 1. The lowest BCUT2D eigenvalue weighted by Gasteiger charge is -2.22. The molecule has 2 heterocycles. The molecule has 0 radical (unpaired) electrons. The van der Waals surface area contributed by atoms with Crippen LogP contribution in [0.1, 0.15) is 24.0 Å². The highest BCUT2D eigenvalue weighted by atomic mass is 19.1. The zero-order valence-corrected chi connectivity index (χ0v) is 15.8. The van der Waals surface area contributed by atoms with Crippen LogP contribution in [0.25, 0.3) is 10.9 Å². The molecule has 28 heavy (non-hydrogen) atoms. The number of halogens is 1. The normalized spacial score (nSPS) is 15.5. The monoisotopic (exact) mass is 381 g/mol. The molecule has 1 fully saturated rings. The van der Waals surface area contributed by atoms with Crippen molar-refractivity contribution in [2.45, 2.75) is 19.8 Å². The second-order valence-electron chi connectivity index (χ2n) is 7.24. The molecule has 0 amide bonds. The Morgan fingerprint density at radius 1 is 1.29 bits per heavy atom. The summed E-state index contributed by atoms with van der Waals surface area (Å²) in [5.41, 5.74) is 3.47. The van der Waals surface area contributed by atoms with Crippen LogP contribution in [0.2, 0.25) is 0 Å². The molecule has 5 nitrogen and oxygen atoms in total. The van der Waals surface area contributed by atoms with Crippen molar-refractivity contribution in [1.29, 1.82) is 0 Å². The van der Waals surface area contributed by atoms with Crippen LogP contribution < -0.4 is 5.32 Å². The number of aromatic nitrogens is 1. The number of benzene rings is 2. The number of aromatic hydroxyl groups is 1. The summed E-state index contributed by atoms with van der Waals surface area (Å²) in [6.07, 6.45) is 3.58. The molecule has 1 aromatic heterocycles. The van der Waals surface area contributed by atoms with Gasteiger partial charge in [0.15, 0.2) is 5.88 Å². The van der Waals surface area contributed by atoms with E-state index < -0.39 is 0 Å². The average molecular weight is 381 g/mol. The number of aliphatic imine (C=N–C) groups is 1. The zero-order chi connectivity index (χ0) is 19.5. The van der Waals surface area contributed by atoms with Gasteiger partial charge in [-0.3, -0.25) is 4.99 Å². The Balaban J connectivity index is 1.50. The number of nitrogens with zero attached hydrogens (tertiary/aromatic N) is 1. The van der Waals surface area contributed by atoms with E-state index in [9.17, 15) is 9.50 Å². The minimum atomic E-state index is -0.332. The molecule has 0 saturated carbocycles. The number of fused-ring (bicyclic) bond motifs is 1. The maximum atomic E-state index is 14.4. The number of rotatable bonds is 5. The smallest absolute Gasteiger partial charge is 0.198 e. The molecule has 0 unspecified atom stereocenters. The van der Waals surface area contributed by atoms with Crippen LogP contribution in [-0.4, -0.2) is 36.1 Å². The van der Waals surface area contributed by atoms with Crippen molar-refractivity contribution in [3.63, 3.8) is 0 Å². The van der Waals surface area contributed by atoms with Crippen LogP contribution >= 0.6 is 0 Å². The quantitative estimate of drug-likeness (QED) is 0.550. The molecule has 1 saturated heterocycles. The van der Waals surface area contributed by atoms with Gasteiger partial charge in [0.1, 0.15) is 5.82 Å². The molecule has 146 valence electrons. The van der Waals surface area contributed by atoms with Gasteiger partial charge in [0, 0.05) is 42.9 Å². The Morgan fingerprint density at radius 3 is 2.89 bits per heavy atom.